The molecule has 1 heterocycles. The number of carboxylic acids is 1. The molecule has 1 aromatic rings. The summed E-state index contributed by atoms with van der Waals surface area (Å²) in [5, 5.41) is 8.47. The molecule has 0 aromatic carbocycles. The van der Waals surface area contributed by atoms with Gasteiger partial charge in [0.1, 0.15) is 5.15 Å². The highest BCUT2D eigenvalue weighted by molar-refractivity contribution is 6.30. The number of halogens is 1. The van der Waals surface area contributed by atoms with E-state index in [1.807, 2.05) is 0 Å². The molecule has 0 aliphatic carbocycles. The SMILES string of the molecule is NC(CC(=O)O)c1[nH]c(=O)[nH]c1Cl. The fraction of sp³-hybridized carbons (Fsp3) is 0.333. The van der Waals surface area contributed by atoms with Crippen LogP contribution in [0.4, 0.5) is 0 Å². The van der Waals surface area contributed by atoms with E-state index in [1.165, 1.54) is 0 Å². The largest absolute Gasteiger partial charge is 0.481 e. The zero-order chi connectivity index (χ0) is 10.0. The number of rotatable bonds is 3. The molecule has 6 nitrogen and oxygen atoms in total. The van der Waals surface area contributed by atoms with E-state index in [4.69, 9.17) is 22.4 Å². The van der Waals surface area contributed by atoms with Crippen LogP contribution in [0.25, 0.3) is 0 Å². The first-order valence-corrected chi connectivity index (χ1v) is 3.83. The van der Waals surface area contributed by atoms with Crippen LogP contribution < -0.4 is 11.4 Å². The number of H-pyrrole nitrogens is 2. The molecular formula is C6H8ClN3O3. The molecule has 5 N–H and O–H groups in total. The minimum absolute atomic E-state index is 0.0544. The van der Waals surface area contributed by atoms with Crippen LogP contribution in [0.3, 0.4) is 0 Å². The number of aromatic amines is 2. The van der Waals surface area contributed by atoms with E-state index in [2.05, 4.69) is 9.97 Å². The number of aliphatic carboxylic acids is 1. The van der Waals surface area contributed by atoms with E-state index in [-0.39, 0.29) is 17.3 Å². The molecule has 0 saturated heterocycles. The Kier molecular flexibility index (Phi) is 2.74. The van der Waals surface area contributed by atoms with Crippen LogP contribution in [0.15, 0.2) is 4.79 Å². The summed E-state index contributed by atoms with van der Waals surface area (Å²) in [6.45, 7) is 0. The van der Waals surface area contributed by atoms with E-state index in [0.29, 0.717) is 0 Å². The molecule has 0 aliphatic rings. The van der Waals surface area contributed by atoms with Gasteiger partial charge in [-0.1, -0.05) is 11.6 Å². The van der Waals surface area contributed by atoms with Crippen LogP contribution in [0.1, 0.15) is 18.2 Å². The zero-order valence-corrected chi connectivity index (χ0v) is 7.26. The monoisotopic (exact) mass is 205 g/mol. The van der Waals surface area contributed by atoms with Crippen molar-refractivity contribution in [1.29, 1.82) is 0 Å². The smallest absolute Gasteiger partial charge is 0.324 e. The third kappa shape index (κ3) is 2.33. The Bertz CT molecular complexity index is 369. The molecule has 1 aromatic heterocycles. The number of hydrogen-bond acceptors (Lipinski definition) is 3. The number of aromatic nitrogens is 2. The van der Waals surface area contributed by atoms with Crippen molar-refractivity contribution in [1.82, 2.24) is 9.97 Å². The Morgan fingerprint density at radius 3 is 2.62 bits per heavy atom. The summed E-state index contributed by atoms with van der Waals surface area (Å²) in [5.74, 6) is -1.05. The van der Waals surface area contributed by atoms with Gasteiger partial charge in [0.2, 0.25) is 0 Å². The van der Waals surface area contributed by atoms with Crippen molar-refractivity contribution in [3.05, 3.63) is 21.3 Å². The van der Waals surface area contributed by atoms with Crippen LogP contribution in [-0.2, 0) is 4.79 Å². The Labute approximate surface area is 77.7 Å². The molecule has 0 saturated carbocycles. The summed E-state index contributed by atoms with van der Waals surface area (Å²) in [6, 6.07) is -0.802. The second-order valence-electron chi connectivity index (χ2n) is 2.51. The topological polar surface area (TPSA) is 112 Å². The Morgan fingerprint density at radius 1 is 1.62 bits per heavy atom. The maximum Gasteiger partial charge on any atom is 0.324 e. The van der Waals surface area contributed by atoms with Gasteiger partial charge in [-0.3, -0.25) is 9.78 Å². The average Bonchev–Trinajstić information content (AvgIpc) is 2.28. The molecule has 7 heteroatoms. The van der Waals surface area contributed by atoms with Gasteiger partial charge in [-0.25, -0.2) is 4.79 Å². The van der Waals surface area contributed by atoms with Gasteiger partial charge in [-0.2, -0.15) is 0 Å². The lowest BCUT2D eigenvalue weighted by Crippen LogP contribution is -2.16. The fourth-order valence-corrected chi connectivity index (χ4v) is 1.19. The summed E-state index contributed by atoms with van der Waals surface area (Å²) in [6.07, 6.45) is -0.284. The van der Waals surface area contributed by atoms with Crippen molar-refractivity contribution in [3.63, 3.8) is 0 Å². The molecule has 0 fully saturated rings. The van der Waals surface area contributed by atoms with Gasteiger partial charge in [0, 0.05) is 0 Å². The van der Waals surface area contributed by atoms with Gasteiger partial charge in [0.05, 0.1) is 18.2 Å². The van der Waals surface area contributed by atoms with E-state index < -0.39 is 17.7 Å². The summed E-state index contributed by atoms with van der Waals surface area (Å²) in [7, 11) is 0. The standard InChI is InChI=1S/C6H8ClN3O3/c7-5-4(9-6(13)10-5)2(8)1-3(11)12/h2H,1,8H2,(H,11,12)(H2,9,10,13). The molecule has 0 amide bonds. The first-order valence-electron chi connectivity index (χ1n) is 3.45. The predicted octanol–water partition coefficient (Wildman–Crippen LogP) is -0.169. The summed E-state index contributed by atoms with van der Waals surface area (Å²) in [4.78, 5) is 25.5. The Morgan fingerprint density at radius 2 is 2.23 bits per heavy atom. The number of nitrogens with one attached hydrogen (secondary N) is 2. The predicted molar refractivity (Wildman–Crippen MR) is 45.6 cm³/mol. The van der Waals surface area contributed by atoms with Crippen molar-refractivity contribution in [2.24, 2.45) is 5.73 Å². The fourth-order valence-electron chi connectivity index (χ4n) is 0.921. The molecule has 13 heavy (non-hydrogen) atoms. The average molecular weight is 206 g/mol. The summed E-state index contributed by atoms with van der Waals surface area (Å²) in [5.41, 5.74) is 5.17. The molecular weight excluding hydrogens is 198 g/mol. The quantitative estimate of drug-likeness (QED) is 0.549. The lowest BCUT2D eigenvalue weighted by atomic mass is 10.2. The third-order valence-corrected chi connectivity index (χ3v) is 1.77. The van der Waals surface area contributed by atoms with Gasteiger partial charge in [0.15, 0.2) is 0 Å². The first kappa shape index (κ1) is 9.82. The van der Waals surface area contributed by atoms with Gasteiger partial charge in [-0.05, 0) is 0 Å². The number of carboxylic acid groups (broad SMARTS) is 1. The normalized spacial score (nSPS) is 12.8. The van der Waals surface area contributed by atoms with Gasteiger partial charge in [-0.15, -0.1) is 0 Å². The lowest BCUT2D eigenvalue weighted by molar-refractivity contribution is -0.137. The minimum atomic E-state index is -1.05. The van der Waals surface area contributed by atoms with Crippen molar-refractivity contribution >= 4 is 17.6 Å². The molecule has 72 valence electrons. The number of hydrogen-bond donors (Lipinski definition) is 4. The number of carbonyl (C=O) groups is 1. The van der Waals surface area contributed by atoms with Crippen molar-refractivity contribution < 1.29 is 9.90 Å². The van der Waals surface area contributed by atoms with Crippen molar-refractivity contribution in [2.45, 2.75) is 12.5 Å². The van der Waals surface area contributed by atoms with E-state index >= 15 is 0 Å². The van der Waals surface area contributed by atoms with Crippen LogP contribution in [0, 0.1) is 0 Å². The lowest BCUT2D eigenvalue weighted by Gasteiger charge is -2.05. The van der Waals surface area contributed by atoms with Crippen molar-refractivity contribution in [3.8, 4) is 0 Å². The summed E-state index contributed by atoms with van der Waals surface area (Å²) >= 11 is 5.56. The van der Waals surface area contributed by atoms with E-state index in [0.717, 1.165) is 0 Å². The van der Waals surface area contributed by atoms with Gasteiger partial charge >= 0.3 is 11.7 Å². The third-order valence-electron chi connectivity index (χ3n) is 1.47. The molecule has 0 spiro atoms. The highest BCUT2D eigenvalue weighted by Crippen LogP contribution is 2.17. The molecule has 1 atom stereocenters. The molecule has 0 aliphatic heterocycles. The Hall–Kier alpha value is -1.27. The second kappa shape index (κ2) is 3.63. The highest BCUT2D eigenvalue weighted by atomic mass is 35.5. The van der Waals surface area contributed by atoms with Gasteiger partial charge < -0.3 is 15.8 Å². The minimum Gasteiger partial charge on any atom is -0.481 e. The number of imidazole rings is 1. The second-order valence-corrected chi connectivity index (χ2v) is 2.89. The van der Waals surface area contributed by atoms with Gasteiger partial charge in [0.25, 0.3) is 0 Å². The molecule has 1 rings (SSSR count). The van der Waals surface area contributed by atoms with E-state index in [9.17, 15) is 9.59 Å². The maximum absolute atomic E-state index is 10.7. The van der Waals surface area contributed by atoms with E-state index in [1.54, 1.807) is 0 Å². The zero-order valence-electron chi connectivity index (χ0n) is 6.50. The maximum atomic E-state index is 10.7. The summed E-state index contributed by atoms with van der Waals surface area (Å²) < 4.78 is 0. The first-order chi connectivity index (χ1) is 6.00. The van der Waals surface area contributed by atoms with Crippen molar-refractivity contribution in [2.75, 3.05) is 0 Å². The highest BCUT2D eigenvalue weighted by Gasteiger charge is 2.16. The Balaban J connectivity index is 2.88. The van der Waals surface area contributed by atoms with Crippen LogP contribution in [0.5, 0.6) is 0 Å². The van der Waals surface area contributed by atoms with Crippen LogP contribution in [0.2, 0.25) is 5.15 Å². The van der Waals surface area contributed by atoms with Crippen LogP contribution in [-0.4, -0.2) is 21.0 Å². The molecule has 0 radical (unpaired) electrons. The molecule has 1 unspecified atom stereocenters. The molecule has 0 bridgehead atoms. The number of nitrogens with two attached hydrogens (primary N) is 1. The van der Waals surface area contributed by atoms with Crippen LogP contribution >= 0.6 is 11.6 Å².